The number of carbonyl (C=O) groups excluding carboxylic acids is 1. The Bertz CT molecular complexity index is 386. The zero-order valence-corrected chi connectivity index (χ0v) is 7.91. The fraction of sp³-hybridized carbons (Fsp3) is 0.429. The molecule has 8 nitrogen and oxygen atoms in total. The number of rotatable bonds is 4. The highest BCUT2D eigenvalue weighted by atomic mass is 16.6. The molecule has 0 radical (unpaired) electrons. The molecular formula is C7H9N3O5. The Labute approximate surface area is 84.2 Å². The number of carbonyl (C=O) groups is 1. The maximum atomic E-state index is 11.2. The molecule has 0 amide bonds. The van der Waals surface area contributed by atoms with E-state index in [4.69, 9.17) is 5.11 Å². The summed E-state index contributed by atoms with van der Waals surface area (Å²) in [6.45, 7) is 1.13. The van der Waals surface area contributed by atoms with Crippen LogP contribution in [0.2, 0.25) is 0 Å². The summed E-state index contributed by atoms with van der Waals surface area (Å²) >= 11 is 0. The molecule has 0 spiro atoms. The minimum absolute atomic E-state index is 0.0992. The summed E-state index contributed by atoms with van der Waals surface area (Å²) in [6.07, 6.45) is 0.965. The third-order valence-electron chi connectivity index (χ3n) is 1.55. The van der Waals surface area contributed by atoms with Crippen molar-refractivity contribution in [3.05, 3.63) is 22.0 Å². The van der Waals surface area contributed by atoms with Gasteiger partial charge in [-0.1, -0.05) is 0 Å². The van der Waals surface area contributed by atoms with Crippen LogP contribution in [0.1, 0.15) is 17.4 Å². The van der Waals surface area contributed by atoms with E-state index < -0.39 is 29.0 Å². The van der Waals surface area contributed by atoms with Crippen LogP contribution in [0.25, 0.3) is 0 Å². The minimum Gasteiger partial charge on any atom is -0.461 e. The number of ether oxygens (including phenoxy) is 1. The second-order valence-corrected chi connectivity index (χ2v) is 2.52. The van der Waals surface area contributed by atoms with Crippen molar-refractivity contribution in [2.75, 3.05) is 6.61 Å². The first-order valence-corrected chi connectivity index (χ1v) is 4.10. The molecule has 0 fully saturated rings. The highest BCUT2D eigenvalue weighted by molar-refractivity contribution is 5.91. The lowest BCUT2D eigenvalue weighted by Crippen LogP contribution is -2.08. The van der Waals surface area contributed by atoms with Crippen LogP contribution in [-0.2, 0) is 11.5 Å². The highest BCUT2D eigenvalue weighted by Crippen LogP contribution is 2.17. The maximum Gasteiger partial charge on any atom is 0.366 e. The van der Waals surface area contributed by atoms with E-state index in [0.29, 0.717) is 0 Å². The summed E-state index contributed by atoms with van der Waals surface area (Å²) in [5.74, 6) is -0.878. The van der Waals surface area contributed by atoms with Crippen molar-refractivity contribution >= 4 is 11.7 Å². The summed E-state index contributed by atoms with van der Waals surface area (Å²) in [7, 11) is 0. The van der Waals surface area contributed by atoms with E-state index in [1.165, 1.54) is 0 Å². The normalized spacial score (nSPS) is 10.0. The van der Waals surface area contributed by atoms with Crippen LogP contribution in [0, 0.1) is 10.1 Å². The molecule has 0 aliphatic heterocycles. The molecule has 0 aliphatic rings. The molecule has 82 valence electrons. The van der Waals surface area contributed by atoms with Gasteiger partial charge in [-0.2, -0.15) is 5.10 Å². The first-order valence-electron chi connectivity index (χ1n) is 4.10. The maximum absolute atomic E-state index is 11.2. The van der Waals surface area contributed by atoms with Gasteiger partial charge in [0.25, 0.3) is 0 Å². The van der Waals surface area contributed by atoms with Crippen molar-refractivity contribution < 1.29 is 19.6 Å². The van der Waals surface area contributed by atoms with Crippen LogP contribution < -0.4 is 0 Å². The Balaban J connectivity index is 3.09. The first-order chi connectivity index (χ1) is 7.10. The summed E-state index contributed by atoms with van der Waals surface area (Å²) in [5.41, 5.74) is -0.890. The molecule has 1 aromatic rings. The van der Waals surface area contributed by atoms with Crippen LogP contribution >= 0.6 is 0 Å². The minimum atomic E-state index is -0.878. The number of hydrogen-bond acceptors (Lipinski definition) is 6. The zero-order valence-electron chi connectivity index (χ0n) is 7.91. The summed E-state index contributed by atoms with van der Waals surface area (Å²) < 4.78 is 5.46. The van der Waals surface area contributed by atoms with Gasteiger partial charge in [-0.3, -0.25) is 10.1 Å². The van der Waals surface area contributed by atoms with Gasteiger partial charge in [0.2, 0.25) is 5.69 Å². The third kappa shape index (κ3) is 2.29. The van der Waals surface area contributed by atoms with Gasteiger partial charge in [0.1, 0.15) is 12.9 Å². The van der Waals surface area contributed by atoms with Gasteiger partial charge in [0.15, 0.2) is 0 Å². The number of aliphatic hydroxyl groups is 1. The molecule has 1 aromatic heterocycles. The van der Waals surface area contributed by atoms with Crippen LogP contribution in [0.5, 0.6) is 0 Å². The fourth-order valence-electron chi connectivity index (χ4n) is 0.962. The van der Waals surface area contributed by atoms with Crippen LogP contribution in [0.3, 0.4) is 0 Å². The molecule has 0 aromatic carbocycles. The third-order valence-corrected chi connectivity index (χ3v) is 1.55. The second kappa shape index (κ2) is 4.51. The average molecular weight is 215 g/mol. The summed E-state index contributed by atoms with van der Waals surface area (Å²) in [4.78, 5) is 21.0. The Morgan fingerprint density at radius 1 is 1.80 bits per heavy atom. The highest BCUT2D eigenvalue weighted by Gasteiger charge is 2.26. The predicted molar refractivity (Wildman–Crippen MR) is 47.1 cm³/mol. The van der Waals surface area contributed by atoms with Gasteiger partial charge in [0.05, 0.1) is 11.5 Å². The van der Waals surface area contributed by atoms with Crippen molar-refractivity contribution in [1.29, 1.82) is 0 Å². The molecule has 0 aliphatic carbocycles. The van der Waals surface area contributed by atoms with E-state index in [-0.39, 0.29) is 6.61 Å². The molecule has 0 saturated carbocycles. The molecule has 15 heavy (non-hydrogen) atoms. The van der Waals surface area contributed by atoms with Crippen LogP contribution in [0.4, 0.5) is 5.69 Å². The standard InChI is InChI=1S/C7H9N3O5/c1-2-15-7(12)6-5(10(13)14)3-9(4-11)8-6/h3,11H,2,4H2,1H3. The van der Waals surface area contributed by atoms with Gasteiger partial charge in [-0.05, 0) is 6.92 Å². The van der Waals surface area contributed by atoms with Crippen LogP contribution in [-0.4, -0.2) is 32.4 Å². The molecule has 0 unspecified atom stereocenters. The van der Waals surface area contributed by atoms with Crippen molar-refractivity contribution in [2.24, 2.45) is 0 Å². The lowest BCUT2D eigenvalue weighted by atomic mass is 10.4. The molecule has 1 N–H and O–H groups in total. The number of hydrogen-bond donors (Lipinski definition) is 1. The Morgan fingerprint density at radius 2 is 2.47 bits per heavy atom. The number of aliphatic hydroxyl groups excluding tert-OH is 1. The van der Waals surface area contributed by atoms with Crippen molar-refractivity contribution in [3.63, 3.8) is 0 Å². The molecule has 8 heteroatoms. The van der Waals surface area contributed by atoms with E-state index in [9.17, 15) is 14.9 Å². The number of esters is 1. The number of nitro groups is 1. The van der Waals surface area contributed by atoms with Crippen LogP contribution in [0.15, 0.2) is 6.20 Å². The lowest BCUT2D eigenvalue weighted by molar-refractivity contribution is -0.385. The molecular weight excluding hydrogens is 206 g/mol. The van der Waals surface area contributed by atoms with E-state index >= 15 is 0 Å². The molecule has 1 heterocycles. The zero-order chi connectivity index (χ0) is 11.4. The first kappa shape index (κ1) is 11.1. The van der Waals surface area contributed by atoms with E-state index in [2.05, 4.69) is 9.84 Å². The summed E-state index contributed by atoms with van der Waals surface area (Å²) in [5, 5.41) is 22.7. The number of nitrogens with zero attached hydrogens (tertiary/aromatic N) is 3. The van der Waals surface area contributed by atoms with E-state index in [1.807, 2.05) is 0 Å². The smallest absolute Gasteiger partial charge is 0.366 e. The van der Waals surface area contributed by atoms with E-state index in [1.54, 1.807) is 6.92 Å². The molecule has 0 atom stereocenters. The predicted octanol–water partition coefficient (Wildman–Crippen LogP) is -0.0822. The van der Waals surface area contributed by atoms with Gasteiger partial charge < -0.3 is 9.84 Å². The van der Waals surface area contributed by atoms with E-state index in [0.717, 1.165) is 10.9 Å². The van der Waals surface area contributed by atoms with Gasteiger partial charge in [0, 0.05) is 0 Å². The van der Waals surface area contributed by atoms with Crippen molar-refractivity contribution in [3.8, 4) is 0 Å². The largest absolute Gasteiger partial charge is 0.461 e. The lowest BCUT2D eigenvalue weighted by Gasteiger charge is -1.96. The van der Waals surface area contributed by atoms with Crippen molar-refractivity contribution in [1.82, 2.24) is 9.78 Å². The monoisotopic (exact) mass is 215 g/mol. The van der Waals surface area contributed by atoms with Gasteiger partial charge >= 0.3 is 11.7 Å². The Kier molecular flexibility index (Phi) is 3.34. The molecule has 0 saturated heterocycles. The van der Waals surface area contributed by atoms with Crippen molar-refractivity contribution in [2.45, 2.75) is 13.7 Å². The van der Waals surface area contributed by atoms with Gasteiger partial charge in [-0.15, -0.1) is 0 Å². The number of aromatic nitrogens is 2. The fourth-order valence-corrected chi connectivity index (χ4v) is 0.962. The SMILES string of the molecule is CCOC(=O)c1nn(CO)cc1[N+](=O)[O-]. The summed E-state index contributed by atoms with van der Waals surface area (Å²) in [6, 6.07) is 0. The molecule has 0 bridgehead atoms. The topological polar surface area (TPSA) is 107 Å². The molecule has 1 rings (SSSR count). The quantitative estimate of drug-likeness (QED) is 0.427. The Morgan fingerprint density at radius 3 is 2.93 bits per heavy atom. The average Bonchev–Trinajstić information content (AvgIpc) is 2.61. The Hall–Kier alpha value is -1.96. The second-order valence-electron chi connectivity index (χ2n) is 2.52. The van der Waals surface area contributed by atoms with Gasteiger partial charge in [-0.25, -0.2) is 9.48 Å².